The van der Waals surface area contributed by atoms with Gasteiger partial charge in [0, 0.05) is 49.2 Å². The molecule has 5 nitrogen and oxygen atoms in total. The number of nitrogens with zero attached hydrogens (tertiary/aromatic N) is 3. The van der Waals surface area contributed by atoms with Crippen LogP contribution in [0.3, 0.4) is 0 Å². The van der Waals surface area contributed by atoms with Crippen LogP contribution in [0.15, 0.2) is 41.8 Å². The highest BCUT2D eigenvalue weighted by Gasteiger charge is 2.43. The van der Waals surface area contributed by atoms with Gasteiger partial charge in [0.2, 0.25) is 11.8 Å². The van der Waals surface area contributed by atoms with Crippen molar-refractivity contribution < 1.29 is 9.59 Å². The SMILES string of the molecule is Cc1ccc(N2C(=O)CCC(C(=O)N3CCN(C(C)C)CC3)C2c2cccs2)cc1. The number of carbonyl (C=O) groups excluding carboxylic acids is 2. The molecule has 0 bridgehead atoms. The largest absolute Gasteiger partial charge is 0.340 e. The molecule has 2 atom stereocenters. The Bertz CT molecular complexity index is 870. The molecule has 2 aliphatic heterocycles. The fourth-order valence-electron chi connectivity index (χ4n) is 4.64. The first-order valence-electron chi connectivity index (χ1n) is 10.9. The predicted octanol–water partition coefficient (Wildman–Crippen LogP) is 4.09. The van der Waals surface area contributed by atoms with E-state index in [0.29, 0.717) is 18.9 Å². The first-order valence-corrected chi connectivity index (χ1v) is 11.8. The van der Waals surface area contributed by atoms with Gasteiger partial charge in [-0.1, -0.05) is 23.8 Å². The lowest BCUT2D eigenvalue weighted by Gasteiger charge is -2.43. The zero-order chi connectivity index (χ0) is 21.3. The van der Waals surface area contributed by atoms with Gasteiger partial charge in [-0.25, -0.2) is 0 Å². The van der Waals surface area contributed by atoms with Gasteiger partial charge in [0.15, 0.2) is 0 Å². The van der Waals surface area contributed by atoms with Gasteiger partial charge < -0.3 is 9.80 Å². The molecule has 6 heteroatoms. The van der Waals surface area contributed by atoms with Gasteiger partial charge in [-0.15, -0.1) is 11.3 Å². The highest BCUT2D eigenvalue weighted by atomic mass is 32.1. The molecular formula is C24H31N3O2S. The van der Waals surface area contributed by atoms with E-state index in [2.05, 4.69) is 24.8 Å². The molecule has 2 aromatic rings. The Labute approximate surface area is 183 Å². The van der Waals surface area contributed by atoms with Gasteiger partial charge in [0.25, 0.3) is 0 Å². The van der Waals surface area contributed by atoms with E-state index in [1.807, 2.05) is 52.4 Å². The lowest BCUT2D eigenvalue weighted by molar-refractivity contribution is -0.140. The van der Waals surface area contributed by atoms with Crippen LogP contribution in [0.1, 0.15) is 43.2 Å². The number of anilines is 1. The van der Waals surface area contributed by atoms with E-state index in [4.69, 9.17) is 0 Å². The van der Waals surface area contributed by atoms with Crippen molar-refractivity contribution in [1.82, 2.24) is 9.80 Å². The molecule has 1 aromatic carbocycles. The predicted molar refractivity (Wildman–Crippen MR) is 122 cm³/mol. The third-order valence-corrected chi connectivity index (χ3v) is 7.36. The first kappa shape index (κ1) is 21.1. The number of piperazine rings is 1. The first-order chi connectivity index (χ1) is 14.5. The summed E-state index contributed by atoms with van der Waals surface area (Å²) in [5.74, 6) is 0.0978. The second kappa shape index (κ2) is 8.90. The molecule has 0 N–H and O–H groups in total. The smallest absolute Gasteiger partial charge is 0.228 e. The van der Waals surface area contributed by atoms with Crippen molar-refractivity contribution in [2.45, 2.75) is 45.7 Å². The highest BCUT2D eigenvalue weighted by Crippen LogP contribution is 2.42. The van der Waals surface area contributed by atoms with E-state index in [1.165, 1.54) is 0 Å². The van der Waals surface area contributed by atoms with E-state index in [1.54, 1.807) is 11.3 Å². The Morgan fingerprint density at radius 1 is 1.07 bits per heavy atom. The molecule has 160 valence electrons. The average Bonchev–Trinajstić information content (AvgIpc) is 3.28. The Morgan fingerprint density at radius 2 is 1.77 bits per heavy atom. The number of hydrogen-bond donors (Lipinski definition) is 0. The topological polar surface area (TPSA) is 43.9 Å². The maximum atomic E-state index is 13.6. The highest BCUT2D eigenvalue weighted by molar-refractivity contribution is 7.10. The third-order valence-electron chi connectivity index (χ3n) is 6.42. The zero-order valence-corrected chi connectivity index (χ0v) is 18.9. The summed E-state index contributed by atoms with van der Waals surface area (Å²) in [5, 5.41) is 2.03. The molecule has 2 aliphatic rings. The van der Waals surface area contributed by atoms with Crippen LogP contribution < -0.4 is 4.90 Å². The second-order valence-corrected chi connectivity index (χ2v) is 9.64. The maximum Gasteiger partial charge on any atom is 0.228 e. The van der Waals surface area contributed by atoms with Crippen LogP contribution in [0.5, 0.6) is 0 Å². The summed E-state index contributed by atoms with van der Waals surface area (Å²) in [7, 11) is 0. The number of aryl methyl sites for hydroxylation is 1. The van der Waals surface area contributed by atoms with Crippen LogP contribution in [0.2, 0.25) is 0 Å². The Hall–Kier alpha value is -2.18. The summed E-state index contributed by atoms with van der Waals surface area (Å²) in [6, 6.07) is 12.4. The van der Waals surface area contributed by atoms with Crippen molar-refractivity contribution in [1.29, 1.82) is 0 Å². The number of rotatable bonds is 4. The fraction of sp³-hybridized carbons (Fsp3) is 0.500. The summed E-state index contributed by atoms with van der Waals surface area (Å²) in [6.45, 7) is 9.82. The molecule has 1 aromatic heterocycles. The van der Waals surface area contributed by atoms with Crippen LogP contribution in [-0.2, 0) is 9.59 Å². The van der Waals surface area contributed by atoms with Gasteiger partial charge >= 0.3 is 0 Å². The van der Waals surface area contributed by atoms with E-state index in [0.717, 1.165) is 42.3 Å². The molecule has 2 unspecified atom stereocenters. The second-order valence-electron chi connectivity index (χ2n) is 8.66. The van der Waals surface area contributed by atoms with E-state index in [-0.39, 0.29) is 23.8 Å². The molecule has 2 fully saturated rings. The van der Waals surface area contributed by atoms with Crippen molar-refractivity contribution >= 4 is 28.8 Å². The van der Waals surface area contributed by atoms with Crippen LogP contribution >= 0.6 is 11.3 Å². The Balaban J connectivity index is 1.62. The average molecular weight is 426 g/mol. The molecule has 30 heavy (non-hydrogen) atoms. The Morgan fingerprint density at radius 3 is 2.37 bits per heavy atom. The van der Waals surface area contributed by atoms with E-state index >= 15 is 0 Å². The van der Waals surface area contributed by atoms with Crippen LogP contribution in [0.4, 0.5) is 5.69 Å². The number of hydrogen-bond acceptors (Lipinski definition) is 4. The lowest BCUT2D eigenvalue weighted by Crippen LogP contribution is -2.55. The molecule has 2 saturated heterocycles. The normalized spacial score (nSPS) is 23.3. The van der Waals surface area contributed by atoms with Gasteiger partial charge in [0.05, 0.1) is 12.0 Å². The van der Waals surface area contributed by atoms with E-state index < -0.39 is 0 Å². The number of benzene rings is 1. The quantitative estimate of drug-likeness (QED) is 0.741. The molecule has 2 amide bonds. The summed E-state index contributed by atoms with van der Waals surface area (Å²) < 4.78 is 0. The number of piperidine rings is 1. The molecule has 0 aliphatic carbocycles. The minimum Gasteiger partial charge on any atom is -0.340 e. The minimum atomic E-state index is -0.232. The molecule has 3 heterocycles. The van der Waals surface area contributed by atoms with Crippen LogP contribution in [-0.4, -0.2) is 53.8 Å². The molecular weight excluding hydrogens is 394 g/mol. The van der Waals surface area contributed by atoms with Crippen molar-refractivity contribution in [3.05, 3.63) is 52.2 Å². The number of thiophene rings is 1. The molecule has 0 saturated carbocycles. The van der Waals surface area contributed by atoms with Crippen LogP contribution in [0.25, 0.3) is 0 Å². The standard InChI is InChI=1S/C24H31N3O2S/c1-17(2)25-12-14-26(15-13-25)24(29)20-10-11-22(28)27(19-8-6-18(3)7-9-19)23(20)21-5-4-16-30-21/h4-9,16-17,20,23H,10-15H2,1-3H3. The summed E-state index contributed by atoms with van der Waals surface area (Å²) in [4.78, 5) is 34.1. The minimum absolute atomic E-state index is 0.103. The van der Waals surface area contributed by atoms with Gasteiger partial charge in [-0.2, -0.15) is 0 Å². The zero-order valence-electron chi connectivity index (χ0n) is 18.1. The maximum absolute atomic E-state index is 13.6. The van der Waals surface area contributed by atoms with Crippen molar-refractivity contribution in [3.63, 3.8) is 0 Å². The van der Waals surface area contributed by atoms with Gasteiger partial charge in [-0.3, -0.25) is 14.5 Å². The number of carbonyl (C=O) groups is 2. The summed E-state index contributed by atoms with van der Waals surface area (Å²) in [5.41, 5.74) is 2.04. The lowest BCUT2D eigenvalue weighted by atomic mass is 9.85. The third kappa shape index (κ3) is 4.16. The van der Waals surface area contributed by atoms with Crippen molar-refractivity contribution in [2.75, 3.05) is 31.1 Å². The molecule has 0 radical (unpaired) electrons. The fourth-order valence-corrected chi connectivity index (χ4v) is 5.52. The Kier molecular flexibility index (Phi) is 6.25. The molecule has 4 rings (SSSR count). The van der Waals surface area contributed by atoms with E-state index in [9.17, 15) is 9.59 Å². The van der Waals surface area contributed by atoms with Crippen molar-refractivity contribution in [3.8, 4) is 0 Å². The van der Waals surface area contributed by atoms with Gasteiger partial charge in [-0.05, 0) is 50.8 Å². The summed E-state index contributed by atoms with van der Waals surface area (Å²) >= 11 is 1.63. The monoisotopic (exact) mass is 425 g/mol. The molecule has 0 spiro atoms. The summed E-state index contributed by atoms with van der Waals surface area (Å²) in [6.07, 6.45) is 1.03. The van der Waals surface area contributed by atoms with Gasteiger partial charge in [0.1, 0.15) is 0 Å². The number of amides is 2. The van der Waals surface area contributed by atoms with Crippen LogP contribution in [0, 0.1) is 12.8 Å². The van der Waals surface area contributed by atoms with Crippen molar-refractivity contribution in [2.24, 2.45) is 5.92 Å².